The maximum absolute atomic E-state index is 11.7. The standard InChI is InChI=1S/C19H18N4O2S/c1-3-11-23-17(15-7-9-20-10-8-15)21-22-19(23)26-13-14-5-4-6-16(12-14)18(24)25-2/h3-10,12H,1,11,13H2,2H3. The number of methoxy groups -OCH3 is 1. The highest BCUT2D eigenvalue weighted by Crippen LogP contribution is 2.26. The maximum atomic E-state index is 11.7. The Balaban J connectivity index is 1.81. The molecule has 7 heteroatoms. The normalized spacial score (nSPS) is 10.5. The van der Waals surface area contributed by atoms with Crippen molar-refractivity contribution in [3.05, 3.63) is 72.6 Å². The van der Waals surface area contributed by atoms with Gasteiger partial charge in [0.05, 0.1) is 12.7 Å². The fraction of sp³-hybridized carbons (Fsp3) is 0.158. The van der Waals surface area contributed by atoms with Crippen molar-refractivity contribution >= 4 is 17.7 Å². The van der Waals surface area contributed by atoms with Gasteiger partial charge in [-0.2, -0.15) is 0 Å². The van der Waals surface area contributed by atoms with Crippen LogP contribution in [-0.2, 0) is 17.0 Å². The van der Waals surface area contributed by atoms with Gasteiger partial charge in [-0.15, -0.1) is 16.8 Å². The van der Waals surface area contributed by atoms with Crippen molar-refractivity contribution in [2.45, 2.75) is 17.5 Å². The number of aromatic nitrogens is 4. The van der Waals surface area contributed by atoms with Crippen molar-refractivity contribution in [1.29, 1.82) is 0 Å². The number of pyridine rings is 1. The second kappa shape index (κ2) is 8.44. The molecule has 0 N–H and O–H groups in total. The fourth-order valence-electron chi connectivity index (χ4n) is 2.46. The van der Waals surface area contributed by atoms with Gasteiger partial charge in [0.1, 0.15) is 0 Å². The molecule has 0 atom stereocenters. The van der Waals surface area contributed by atoms with E-state index < -0.39 is 0 Å². The number of esters is 1. The number of hydrogen-bond acceptors (Lipinski definition) is 6. The summed E-state index contributed by atoms with van der Waals surface area (Å²) in [6.45, 7) is 4.43. The topological polar surface area (TPSA) is 69.9 Å². The average molecular weight is 366 g/mol. The lowest BCUT2D eigenvalue weighted by Crippen LogP contribution is -2.02. The third kappa shape index (κ3) is 4.00. The molecule has 0 saturated carbocycles. The Hall–Kier alpha value is -2.93. The van der Waals surface area contributed by atoms with E-state index >= 15 is 0 Å². The van der Waals surface area contributed by atoms with Crippen LogP contribution in [0.3, 0.4) is 0 Å². The number of nitrogens with zero attached hydrogens (tertiary/aromatic N) is 4. The van der Waals surface area contributed by atoms with E-state index in [1.54, 1.807) is 30.2 Å². The van der Waals surface area contributed by atoms with E-state index in [2.05, 4.69) is 21.8 Å². The first-order valence-corrected chi connectivity index (χ1v) is 8.96. The van der Waals surface area contributed by atoms with Gasteiger partial charge in [-0.1, -0.05) is 30.0 Å². The second-order valence-corrected chi connectivity index (χ2v) is 6.36. The van der Waals surface area contributed by atoms with Gasteiger partial charge < -0.3 is 4.74 Å². The lowest BCUT2D eigenvalue weighted by molar-refractivity contribution is 0.0600. The van der Waals surface area contributed by atoms with Gasteiger partial charge in [-0.05, 0) is 29.8 Å². The highest BCUT2D eigenvalue weighted by atomic mass is 32.2. The Morgan fingerprint density at radius 2 is 2.08 bits per heavy atom. The molecule has 0 spiro atoms. The number of hydrogen-bond donors (Lipinski definition) is 0. The van der Waals surface area contributed by atoms with Gasteiger partial charge in [-0.25, -0.2) is 4.79 Å². The van der Waals surface area contributed by atoms with E-state index in [9.17, 15) is 4.79 Å². The number of allylic oxidation sites excluding steroid dienone is 1. The van der Waals surface area contributed by atoms with Crippen LogP contribution in [0.5, 0.6) is 0 Å². The van der Waals surface area contributed by atoms with Crippen LogP contribution in [0.1, 0.15) is 15.9 Å². The van der Waals surface area contributed by atoms with Gasteiger partial charge in [0.25, 0.3) is 0 Å². The minimum absolute atomic E-state index is 0.341. The molecule has 0 unspecified atom stereocenters. The van der Waals surface area contributed by atoms with Gasteiger partial charge in [0, 0.05) is 30.3 Å². The van der Waals surface area contributed by atoms with Crippen LogP contribution in [-0.4, -0.2) is 32.8 Å². The molecule has 3 rings (SSSR count). The molecule has 0 radical (unpaired) electrons. The van der Waals surface area contributed by atoms with Crippen LogP contribution in [0.15, 0.2) is 66.6 Å². The first kappa shape index (κ1) is 17.9. The molecular formula is C19H18N4O2S. The largest absolute Gasteiger partial charge is 0.465 e. The molecule has 6 nitrogen and oxygen atoms in total. The number of benzene rings is 1. The SMILES string of the molecule is C=CCn1c(SCc2cccc(C(=O)OC)c2)nnc1-c1ccncc1. The zero-order valence-electron chi connectivity index (χ0n) is 14.3. The molecule has 2 heterocycles. The van der Waals surface area contributed by atoms with Crippen LogP contribution in [0.25, 0.3) is 11.4 Å². The molecule has 0 aliphatic carbocycles. The Labute approximate surface area is 155 Å². The summed E-state index contributed by atoms with van der Waals surface area (Å²) >= 11 is 1.56. The number of ether oxygens (including phenoxy) is 1. The van der Waals surface area contributed by atoms with Gasteiger partial charge in [0.2, 0.25) is 0 Å². The molecule has 0 saturated heterocycles. The van der Waals surface area contributed by atoms with Crippen LogP contribution >= 0.6 is 11.8 Å². The van der Waals surface area contributed by atoms with Crippen LogP contribution < -0.4 is 0 Å². The Bertz CT molecular complexity index is 909. The predicted molar refractivity (Wildman–Crippen MR) is 101 cm³/mol. The van der Waals surface area contributed by atoms with E-state index in [4.69, 9.17) is 4.74 Å². The van der Waals surface area contributed by atoms with Crippen molar-refractivity contribution < 1.29 is 9.53 Å². The second-order valence-electron chi connectivity index (χ2n) is 5.42. The Kier molecular flexibility index (Phi) is 5.80. The third-order valence-electron chi connectivity index (χ3n) is 3.68. The third-order valence-corrected chi connectivity index (χ3v) is 4.72. The summed E-state index contributed by atoms with van der Waals surface area (Å²) in [5.41, 5.74) is 2.50. The Morgan fingerprint density at radius 1 is 1.27 bits per heavy atom. The molecule has 3 aromatic rings. The number of rotatable bonds is 7. The molecular weight excluding hydrogens is 348 g/mol. The summed E-state index contributed by atoms with van der Waals surface area (Å²) in [5.74, 6) is 1.10. The average Bonchev–Trinajstić information content (AvgIpc) is 3.09. The predicted octanol–water partition coefficient (Wildman–Crippen LogP) is 3.61. The summed E-state index contributed by atoms with van der Waals surface area (Å²) in [7, 11) is 1.38. The van der Waals surface area contributed by atoms with Crippen molar-refractivity contribution in [3.63, 3.8) is 0 Å². The summed E-state index contributed by atoms with van der Waals surface area (Å²) < 4.78 is 6.78. The monoisotopic (exact) mass is 366 g/mol. The van der Waals surface area contributed by atoms with Crippen LogP contribution in [0.2, 0.25) is 0 Å². The van der Waals surface area contributed by atoms with Crippen LogP contribution in [0, 0.1) is 0 Å². The minimum Gasteiger partial charge on any atom is -0.465 e. The number of thioether (sulfide) groups is 1. The van der Waals surface area contributed by atoms with E-state index in [0.717, 1.165) is 22.1 Å². The first-order valence-electron chi connectivity index (χ1n) is 7.97. The van der Waals surface area contributed by atoms with Gasteiger partial charge in [-0.3, -0.25) is 9.55 Å². The first-order chi connectivity index (χ1) is 12.7. The lowest BCUT2D eigenvalue weighted by atomic mass is 10.1. The zero-order valence-corrected chi connectivity index (χ0v) is 15.1. The number of carbonyl (C=O) groups excluding carboxylic acids is 1. The highest BCUT2D eigenvalue weighted by molar-refractivity contribution is 7.98. The highest BCUT2D eigenvalue weighted by Gasteiger charge is 2.14. The van der Waals surface area contributed by atoms with Crippen molar-refractivity contribution in [2.75, 3.05) is 7.11 Å². The van der Waals surface area contributed by atoms with Crippen molar-refractivity contribution in [1.82, 2.24) is 19.7 Å². The molecule has 26 heavy (non-hydrogen) atoms. The van der Waals surface area contributed by atoms with E-state index in [1.165, 1.54) is 7.11 Å². The zero-order chi connectivity index (χ0) is 18.4. The molecule has 0 aliphatic rings. The summed E-state index contributed by atoms with van der Waals surface area (Å²) in [6.07, 6.45) is 5.27. The molecule has 132 valence electrons. The van der Waals surface area contributed by atoms with Crippen molar-refractivity contribution in [2.24, 2.45) is 0 Å². The van der Waals surface area contributed by atoms with Gasteiger partial charge in [0.15, 0.2) is 11.0 Å². The van der Waals surface area contributed by atoms with Gasteiger partial charge >= 0.3 is 5.97 Å². The maximum Gasteiger partial charge on any atom is 0.337 e. The van der Waals surface area contributed by atoms with E-state index in [-0.39, 0.29) is 5.97 Å². The number of carbonyl (C=O) groups is 1. The summed E-state index contributed by atoms with van der Waals surface area (Å²) in [4.78, 5) is 15.7. The molecule has 0 aliphatic heterocycles. The molecule has 0 bridgehead atoms. The fourth-order valence-corrected chi connectivity index (χ4v) is 3.35. The molecule has 0 amide bonds. The minimum atomic E-state index is -0.341. The Morgan fingerprint density at radius 3 is 2.81 bits per heavy atom. The smallest absolute Gasteiger partial charge is 0.337 e. The van der Waals surface area contributed by atoms with E-state index in [0.29, 0.717) is 17.9 Å². The summed E-state index contributed by atoms with van der Waals surface area (Å²) in [5, 5.41) is 9.43. The molecule has 0 fully saturated rings. The quantitative estimate of drug-likeness (QED) is 0.361. The van der Waals surface area contributed by atoms with Crippen molar-refractivity contribution in [3.8, 4) is 11.4 Å². The summed E-state index contributed by atoms with van der Waals surface area (Å²) in [6, 6.07) is 11.2. The molecule has 2 aromatic heterocycles. The van der Waals surface area contributed by atoms with E-state index in [1.807, 2.05) is 41.0 Å². The lowest BCUT2D eigenvalue weighted by Gasteiger charge is -2.08. The molecule has 1 aromatic carbocycles. The van der Waals surface area contributed by atoms with Crippen LogP contribution in [0.4, 0.5) is 0 Å².